The van der Waals surface area contributed by atoms with Gasteiger partial charge in [0.15, 0.2) is 0 Å². The van der Waals surface area contributed by atoms with Crippen LogP contribution in [-0.4, -0.2) is 13.7 Å². The van der Waals surface area contributed by atoms with Gasteiger partial charge in [-0.15, -0.1) is 0 Å². The highest BCUT2D eigenvalue weighted by molar-refractivity contribution is 6.19. The summed E-state index contributed by atoms with van der Waals surface area (Å²) in [6.07, 6.45) is 0. The lowest BCUT2D eigenvalue weighted by molar-refractivity contribution is 1.17. The number of hydrogen-bond acceptors (Lipinski definition) is 0. The summed E-state index contributed by atoms with van der Waals surface area (Å²) in [5, 5.41) is 6.14. The average molecular weight is 659 g/mol. The largest absolute Gasteiger partial charge is 0.309 e. The van der Waals surface area contributed by atoms with Gasteiger partial charge >= 0.3 is 0 Å². The maximum absolute atomic E-state index is 9.38. The molecule has 8 aromatic carbocycles. The third kappa shape index (κ3) is 4.00. The van der Waals surface area contributed by atoms with Crippen LogP contribution >= 0.6 is 0 Å². The molecule has 0 aliphatic carbocycles. The summed E-state index contributed by atoms with van der Waals surface area (Å²) >= 11 is 0. The average Bonchev–Trinajstić information content (AvgIpc) is 3.92. The fourth-order valence-corrected chi connectivity index (χ4v) is 7.97. The number of para-hydroxylation sites is 4. The van der Waals surface area contributed by atoms with Gasteiger partial charge in [0.25, 0.3) is 0 Å². The van der Waals surface area contributed by atoms with Crippen LogP contribution in [-0.2, 0) is 0 Å². The monoisotopic (exact) mass is 658 g/mol. The van der Waals surface area contributed by atoms with Crippen LogP contribution in [0.15, 0.2) is 188 Å². The maximum Gasteiger partial charge on any atom is 0.0645 e. The van der Waals surface area contributed by atoms with Crippen molar-refractivity contribution < 1.29 is 12.3 Å². The van der Waals surface area contributed by atoms with Gasteiger partial charge in [-0.3, -0.25) is 0 Å². The molecule has 0 amide bonds. The smallest absolute Gasteiger partial charge is 0.0645 e. The van der Waals surface area contributed by atoms with Gasteiger partial charge in [0.1, 0.15) is 0 Å². The zero-order valence-electron chi connectivity index (χ0n) is 36.0. The van der Waals surface area contributed by atoms with Gasteiger partial charge in [0, 0.05) is 38.0 Å². The van der Waals surface area contributed by atoms with Gasteiger partial charge in [0.2, 0.25) is 0 Å². The van der Waals surface area contributed by atoms with Crippen LogP contribution in [0.3, 0.4) is 0 Å². The summed E-state index contributed by atoms with van der Waals surface area (Å²) in [5.41, 5.74) is 6.63. The third-order valence-electron chi connectivity index (χ3n) is 10.00. The molecule has 0 saturated heterocycles. The lowest BCUT2D eigenvalue weighted by Crippen LogP contribution is -1.98. The molecule has 238 valence electrons. The van der Waals surface area contributed by atoms with Crippen LogP contribution in [0.5, 0.6) is 0 Å². The molecule has 0 spiro atoms. The molecule has 0 radical (unpaired) electrons. The Morgan fingerprint density at radius 1 is 0.314 bits per heavy atom. The molecule has 3 heteroatoms. The molecule has 0 bridgehead atoms. The molecule has 0 aliphatic rings. The molecule has 51 heavy (non-hydrogen) atoms. The molecule has 3 heterocycles. The summed E-state index contributed by atoms with van der Waals surface area (Å²) in [5.74, 6) is 0. The Labute approximate surface area is 307 Å². The number of hydrogen-bond donors (Lipinski definition) is 0. The van der Waals surface area contributed by atoms with Gasteiger partial charge in [-0.1, -0.05) is 127 Å². The first-order chi connectivity index (χ1) is 29.1. The van der Waals surface area contributed by atoms with Gasteiger partial charge in [-0.25, -0.2) is 0 Å². The number of benzene rings is 8. The minimum Gasteiger partial charge on any atom is -0.309 e. The van der Waals surface area contributed by atoms with Crippen LogP contribution < -0.4 is 0 Å². The first-order valence-electron chi connectivity index (χ1n) is 21.3. The minimum atomic E-state index is -0.617. The Bertz CT molecular complexity index is 3560. The number of rotatable bonds is 4. The van der Waals surface area contributed by atoms with E-state index in [1.807, 2.05) is 42.5 Å². The fourth-order valence-electron chi connectivity index (χ4n) is 7.97. The van der Waals surface area contributed by atoms with E-state index in [4.69, 9.17) is 6.85 Å². The van der Waals surface area contributed by atoms with Crippen molar-refractivity contribution in [3.8, 4) is 28.2 Å². The molecule has 0 N–H and O–H groups in total. The molecule has 0 atom stereocenters. The van der Waals surface area contributed by atoms with E-state index in [-0.39, 0.29) is 16.8 Å². The number of fused-ring (bicyclic) bond motifs is 9. The van der Waals surface area contributed by atoms with Crippen molar-refractivity contribution in [1.82, 2.24) is 13.7 Å². The van der Waals surface area contributed by atoms with Crippen molar-refractivity contribution in [2.75, 3.05) is 0 Å². The Morgan fingerprint density at radius 2 is 0.706 bits per heavy atom. The van der Waals surface area contributed by atoms with Crippen molar-refractivity contribution in [3.63, 3.8) is 0 Å². The Kier molecular flexibility index (Phi) is 4.38. The second kappa shape index (κ2) is 10.8. The highest BCUT2D eigenvalue weighted by Crippen LogP contribution is 2.43. The van der Waals surface area contributed by atoms with Gasteiger partial charge in [0.05, 0.1) is 56.8 Å². The first-order valence-corrected chi connectivity index (χ1v) is 16.8. The number of aromatic nitrogens is 3. The predicted octanol–water partition coefficient (Wildman–Crippen LogP) is 12.6. The molecule has 0 unspecified atom stereocenters. The van der Waals surface area contributed by atoms with Crippen LogP contribution in [0, 0.1) is 0 Å². The summed E-state index contributed by atoms with van der Waals surface area (Å²) in [6, 6.07) is 40.4. The lowest BCUT2D eigenvalue weighted by atomic mass is 10.1. The van der Waals surface area contributed by atoms with E-state index in [1.165, 1.54) is 10.8 Å². The van der Waals surface area contributed by atoms with Gasteiger partial charge in [-0.2, -0.15) is 0 Å². The Balaban J connectivity index is 1.22. The van der Waals surface area contributed by atoms with E-state index >= 15 is 0 Å². The quantitative estimate of drug-likeness (QED) is 0.179. The van der Waals surface area contributed by atoms with E-state index in [0.29, 0.717) is 11.0 Å². The Hall–Kier alpha value is -6.84. The summed E-state index contributed by atoms with van der Waals surface area (Å²) in [7, 11) is 0. The molecule has 3 aromatic heterocycles. The Morgan fingerprint density at radius 3 is 1.25 bits per heavy atom. The minimum absolute atomic E-state index is 0.0136. The van der Waals surface area contributed by atoms with Crippen LogP contribution in [0.1, 0.15) is 12.3 Å². The van der Waals surface area contributed by atoms with Crippen LogP contribution in [0.25, 0.3) is 93.6 Å². The van der Waals surface area contributed by atoms with E-state index in [9.17, 15) is 5.48 Å². The first kappa shape index (κ1) is 20.6. The van der Waals surface area contributed by atoms with Crippen LogP contribution in [0.2, 0.25) is 0 Å². The van der Waals surface area contributed by atoms with Crippen molar-refractivity contribution in [1.29, 1.82) is 0 Å². The molecule has 11 aromatic rings. The van der Waals surface area contributed by atoms with Crippen LogP contribution in [0.4, 0.5) is 0 Å². The number of nitrogens with zero attached hydrogens (tertiary/aromatic N) is 3. The molecule has 0 saturated carbocycles. The highest BCUT2D eigenvalue weighted by atomic mass is 15.0. The second-order valence-electron chi connectivity index (χ2n) is 12.6. The molecular formula is C48H31N3. The predicted molar refractivity (Wildman–Crippen MR) is 215 cm³/mol. The van der Waals surface area contributed by atoms with Gasteiger partial charge in [-0.05, 0) is 71.7 Å². The van der Waals surface area contributed by atoms with E-state index in [2.05, 4.69) is 100 Å². The molecule has 0 aliphatic heterocycles. The zero-order valence-corrected chi connectivity index (χ0v) is 27.0. The zero-order chi connectivity index (χ0) is 41.3. The van der Waals surface area contributed by atoms with E-state index < -0.39 is 54.4 Å². The lowest BCUT2D eigenvalue weighted by Gasteiger charge is -2.13. The molecule has 0 fully saturated rings. The molecule has 11 rings (SSSR count). The van der Waals surface area contributed by atoms with Crippen molar-refractivity contribution in [2.45, 2.75) is 0 Å². The van der Waals surface area contributed by atoms with E-state index in [1.54, 1.807) is 4.57 Å². The van der Waals surface area contributed by atoms with Crippen molar-refractivity contribution in [2.24, 2.45) is 0 Å². The summed E-state index contributed by atoms with van der Waals surface area (Å²) < 4.78 is 85.2. The van der Waals surface area contributed by atoms with E-state index in [0.717, 1.165) is 55.0 Å². The third-order valence-corrected chi connectivity index (χ3v) is 10.00. The molecule has 3 nitrogen and oxygen atoms in total. The SMILES string of the molecule is [2H]c1c([2H])c([2H])c(-c2c([2H])c([2H])c(-n3c4ccccc4c4c(-n5c6ccccc6c6c(-n7c8ccccc8c8ccccc87)cccc65)cccc43)c([2H])c2[2H])c([2H])c1[2H]. The normalized spacial score (nSPS) is 14.4. The summed E-state index contributed by atoms with van der Waals surface area (Å²) in [6.45, 7) is 0. The highest BCUT2D eigenvalue weighted by Gasteiger charge is 2.22. The standard InChI is InChI=1S/C48H31N3/c1-2-14-32(15-3-1)33-28-30-34(31-29-33)49-41-22-10-6-18-37(41)47-43(49)24-12-26-45(47)51-42-23-11-7-19-38(42)48-44(25-13-27-46(48)51)50-39-20-8-4-16-35(39)36-17-5-9-21-40(36)50/h1-31H/i1D,2D,3D,14D,15D,28D,29D,30D,31D. The maximum atomic E-state index is 9.38. The van der Waals surface area contributed by atoms with Crippen molar-refractivity contribution in [3.05, 3.63) is 188 Å². The van der Waals surface area contributed by atoms with Crippen molar-refractivity contribution >= 4 is 65.4 Å². The molecular weight excluding hydrogens is 619 g/mol. The van der Waals surface area contributed by atoms with Gasteiger partial charge < -0.3 is 13.7 Å². The fraction of sp³-hybridized carbons (Fsp3) is 0. The topological polar surface area (TPSA) is 14.8 Å². The summed E-state index contributed by atoms with van der Waals surface area (Å²) in [4.78, 5) is 0. The second-order valence-corrected chi connectivity index (χ2v) is 12.6.